The number of fused-ring (bicyclic) bond motifs is 1. The first-order valence-corrected chi connectivity index (χ1v) is 8.46. The molecule has 1 aromatic carbocycles. The van der Waals surface area contributed by atoms with Gasteiger partial charge in [0.15, 0.2) is 0 Å². The SMILES string of the molecule is NC(=O)Cc1cc2c(s1)NC(=O)/C2=C\c1cn[nH]c1-c1ccccc1. The zero-order valence-corrected chi connectivity index (χ0v) is 13.9. The second kappa shape index (κ2) is 6.03. The smallest absolute Gasteiger partial charge is 0.257 e. The summed E-state index contributed by atoms with van der Waals surface area (Å²) in [5, 5.41) is 10.7. The Morgan fingerprint density at radius 1 is 1.28 bits per heavy atom. The molecule has 0 saturated heterocycles. The van der Waals surface area contributed by atoms with Gasteiger partial charge in [0.25, 0.3) is 5.91 Å². The van der Waals surface area contributed by atoms with Crippen molar-refractivity contribution >= 4 is 39.8 Å². The number of carbonyl (C=O) groups is 2. The van der Waals surface area contributed by atoms with Crippen LogP contribution in [0.15, 0.2) is 42.6 Å². The molecule has 25 heavy (non-hydrogen) atoms. The lowest BCUT2D eigenvalue weighted by Crippen LogP contribution is -2.12. The molecule has 0 unspecified atom stereocenters. The number of nitrogens with zero attached hydrogens (tertiary/aromatic N) is 1. The van der Waals surface area contributed by atoms with Crippen molar-refractivity contribution in [1.82, 2.24) is 10.2 Å². The van der Waals surface area contributed by atoms with Gasteiger partial charge in [-0.1, -0.05) is 30.3 Å². The molecule has 0 fully saturated rings. The molecule has 124 valence electrons. The fraction of sp³-hybridized carbons (Fsp3) is 0.0556. The van der Waals surface area contributed by atoms with Crippen LogP contribution < -0.4 is 11.1 Å². The van der Waals surface area contributed by atoms with Crippen molar-refractivity contribution in [1.29, 1.82) is 0 Å². The van der Waals surface area contributed by atoms with Crippen LogP contribution in [0.3, 0.4) is 0 Å². The number of anilines is 1. The molecule has 0 bridgehead atoms. The quantitative estimate of drug-likeness (QED) is 0.631. The lowest BCUT2D eigenvalue weighted by molar-refractivity contribution is -0.117. The summed E-state index contributed by atoms with van der Waals surface area (Å²) in [7, 11) is 0. The van der Waals surface area contributed by atoms with Gasteiger partial charge in [0.2, 0.25) is 5.91 Å². The van der Waals surface area contributed by atoms with Crippen LogP contribution in [0.1, 0.15) is 16.0 Å². The largest absolute Gasteiger partial charge is 0.369 e. The van der Waals surface area contributed by atoms with Gasteiger partial charge in [-0.3, -0.25) is 14.7 Å². The van der Waals surface area contributed by atoms with Crippen molar-refractivity contribution in [2.45, 2.75) is 6.42 Å². The Morgan fingerprint density at radius 2 is 2.08 bits per heavy atom. The van der Waals surface area contributed by atoms with E-state index in [0.717, 1.165) is 32.3 Å². The number of thiophene rings is 1. The Balaban J connectivity index is 1.74. The summed E-state index contributed by atoms with van der Waals surface area (Å²) in [4.78, 5) is 24.3. The zero-order valence-electron chi connectivity index (χ0n) is 13.1. The Kier molecular flexibility index (Phi) is 3.70. The number of aromatic nitrogens is 2. The molecule has 0 spiro atoms. The van der Waals surface area contributed by atoms with Crippen LogP contribution in [-0.2, 0) is 16.0 Å². The molecule has 6 nitrogen and oxygen atoms in total. The molecule has 7 heteroatoms. The fourth-order valence-electron chi connectivity index (χ4n) is 2.83. The van der Waals surface area contributed by atoms with Gasteiger partial charge >= 0.3 is 0 Å². The number of H-pyrrole nitrogens is 1. The first-order chi connectivity index (χ1) is 12.1. The summed E-state index contributed by atoms with van der Waals surface area (Å²) in [6.45, 7) is 0. The maximum absolute atomic E-state index is 12.3. The first-order valence-electron chi connectivity index (χ1n) is 7.65. The average Bonchev–Trinajstić information content (AvgIpc) is 3.25. The third kappa shape index (κ3) is 2.85. The van der Waals surface area contributed by atoms with Gasteiger partial charge in [0.1, 0.15) is 5.00 Å². The van der Waals surface area contributed by atoms with E-state index in [1.165, 1.54) is 11.3 Å². The van der Waals surface area contributed by atoms with Crippen molar-refractivity contribution in [3.8, 4) is 11.3 Å². The zero-order chi connectivity index (χ0) is 17.4. The predicted octanol–water partition coefficient (Wildman–Crippen LogP) is 2.66. The van der Waals surface area contributed by atoms with Crippen LogP contribution >= 0.6 is 11.3 Å². The summed E-state index contributed by atoms with van der Waals surface area (Å²) in [5.74, 6) is -0.551. The van der Waals surface area contributed by atoms with E-state index in [-0.39, 0.29) is 12.3 Å². The van der Waals surface area contributed by atoms with Crippen molar-refractivity contribution in [3.63, 3.8) is 0 Å². The molecule has 4 rings (SSSR count). The summed E-state index contributed by atoms with van der Waals surface area (Å²) in [5.41, 5.74) is 9.27. The summed E-state index contributed by atoms with van der Waals surface area (Å²) in [6.07, 6.45) is 3.67. The van der Waals surface area contributed by atoms with Crippen LogP contribution in [0, 0.1) is 0 Å². The molecule has 0 atom stereocenters. The highest BCUT2D eigenvalue weighted by Gasteiger charge is 2.27. The van der Waals surface area contributed by atoms with Crippen LogP contribution in [0.5, 0.6) is 0 Å². The van der Waals surface area contributed by atoms with E-state index in [2.05, 4.69) is 15.5 Å². The third-order valence-corrected chi connectivity index (χ3v) is 4.97. The fourth-order valence-corrected chi connectivity index (χ4v) is 3.90. The number of nitrogens with one attached hydrogen (secondary N) is 2. The second-order valence-corrected chi connectivity index (χ2v) is 6.81. The number of benzene rings is 1. The average molecular weight is 350 g/mol. The van der Waals surface area contributed by atoms with Gasteiger partial charge in [-0.25, -0.2) is 0 Å². The van der Waals surface area contributed by atoms with E-state index in [0.29, 0.717) is 5.57 Å². The number of nitrogens with two attached hydrogens (primary N) is 1. The Bertz CT molecular complexity index is 1000. The van der Waals surface area contributed by atoms with Gasteiger partial charge in [-0.05, 0) is 12.1 Å². The Labute approximate surface area is 147 Å². The van der Waals surface area contributed by atoms with E-state index in [4.69, 9.17) is 5.73 Å². The number of hydrogen-bond donors (Lipinski definition) is 3. The summed E-state index contributed by atoms with van der Waals surface area (Å²) >= 11 is 1.37. The van der Waals surface area contributed by atoms with Gasteiger partial charge in [0, 0.05) is 21.6 Å². The number of rotatable bonds is 4. The standard InChI is InChI=1S/C18H14N4O2S/c19-15(23)8-12-7-14-13(17(24)21-18(14)25-12)6-11-9-20-22-16(11)10-4-2-1-3-5-10/h1-7,9H,8H2,(H2,19,23)(H,20,22)(H,21,24)/b13-6-. The van der Waals surface area contributed by atoms with E-state index in [1.54, 1.807) is 6.20 Å². The minimum absolute atomic E-state index is 0.160. The molecule has 4 N–H and O–H groups in total. The molecule has 3 heterocycles. The molecule has 0 radical (unpaired) electrons. The maximum Gasteiger partial charge on any atom is 0.257 e. The highest BCUT2D eigenvalue weighted by atomic mass is 32.1. The van der Waals surface area contributed by atoms with Crippen LogP contribution in [0.2, 0.25) is 0 Å². The van der Waals surface area contributed by atoms with Gasteiger partial charge in [-0.2, -0.15) is 5.10 Å². The van der Waals surface area contributed by atoms with Crippen molar-refractivity contribution in [2.24, 2.45) is 5.73 Å². The number of amides is 2. The Morgan fingerprint density at radius 3 is 2.84 bits per heavy atom. The maximum atomic E-state index is 12.3. The molecule has 3 aromatic rings. The molecule has 1 aliphatic rings. The number of carbonyl (C=O) groups excluding carboxylic acids is 2. The monoisotopic (exact) mass is 350 g/mol. The van der Waals surface area contributed by atoms with Crippen molar-refractivity contribution in [3.05, 3.63) is 58.6 Å². The van der Waals surface area contributed by atoms with E-state index in [9.17, 15) is 9.59 Å². The molecular weight excluding hydrogens is 336 g/mol. The molecular formula is C18H14N4O2S. The third-order valence-electron chi connectivity index (χ3n) is 3.92. The predicted molar refractivity (Wildman–Crippen MR) is 97.7 cm³/mol. The lowest BCUT2D eigenvalue weighted by Gasteiger charge is -2.01. The van der Waals surface area contributed by atoms with E-state index in [1.807, 2.05) is 42.5 Å². The molecule has 2 aromatic heterocycles. The van der Waals surface area contributed by atoms with Crippen molar-refractivity contribution in [2.75, 3.05) is 5.32 Å². The minimum Gasteiger partial charge on any atom is -0.369 e. The normalized spacial score (nSPS) is 14.6. The molecule has 1 aliphatic heterocycles. The first kappa shape index (κ1) is 15.3. The topological polar surface area (TPSA) is 101 Å². The number of hydrogen-bond acceptors (Lipinski definition) is 4. The number of primary amides is 1. The molecule has 2 amide bonds. The number of aromatic amines is 1. The highest BCUT2D eigenvalue weighted by Crippen LogP contribution is 2.40. The van der Waals surface area contributed by atoms with E-state index >= 15 is 0 Å². The van der Waals surface area contributed by atoms with Gasteiger partial charge in [-0.15, -0.1) is 11.3 Å². The summed E-state index contributed by atoms with van der Waals surface area (Å²) < 4.78 is 0. The van der Waals surface area contributed by atoms with Crippen LogP contribution in [-0.4, -0.2) is 22.0 Å². The van der Waals surface area contributed by atoms with Gasteiger partial charge < -0.3 is 11.1 Å². The molecule has 0 aliphatic carbocycles. The molecule has 0 saturated carbocycles. The second-order valence-electron chi connectivity index (χ2n) is 5.68. The van der Waals surface area contributed by atoms with Gasteiger partial charge in [0.05, 0.1) is 23.9 Å². The van der Waals surface area contributed by atoms with Crippen LogP contribution in [0.4, 0.5) is 5.00 Å². The summed E-state index contributed by atoms with van der Waals surface area (Å²) in [6, 6.07) is 11.6. The van der Waals surface area contributed by atoms with E-state index < -0.39 is 5.91 Å². The minimum atomic E-state index is -0.391. The Hall–Kier alpha value is -3.19. The van der Waals surface area contributed by atoms with Crippen molar-refractivity contribution < 1.29 is 9.59 Å². The van der Waals surface area contributed by atoms with Crippen LogP contribution in [0.25, 0.3) is 22.9 Å². The lowest BCUT2D eigenvalue weighted by atomic mass is 10.0. The highest BCUT2D eigenvalue weighted by molar-refractivity contribution is 7.17.